The van der Waals surface area contributed by atoms with E-state index in [1.165, 1.54) is 14.2 Å². The number of thioether (sulfide) groups is 2. The summed E-state index contributed by atoms with van der Waals surface area (Å²) in [6, 6.07) is 0. The molecule has 13 heteroatoms. The van der Waals surface area contributed by atoms with Gasteiger partial charge in [-0.2, -0.15) is 0 Å². The molecule has 1 fully saturated rings. The summed E-state index contributed by atoms with van der Waals surface area (Å²) in [6.07, 6.45) is 6.24. The summed E-state index contributed by atoms with van der Waals surface area (Å²) < 4.78 is 50.0. The number of hydrogen-bond donors (Lipinski definition) is 0. The monoisotopic (exact) mass is 598 g/mol. The van der Waals surface area contributed by atoms with Gasteiger partial charge in [0, 0.05) is 25.7 Å². The van der Waals surface area contributed by atoms with E-state index < -0.39 is 44.3 Å². The van der Waals surface area contributed by atoms with Crippen LogP contribution >= 0.6 is 31.1 Å². The molecule has 10 nitrogen and oxygen atoms in total. The van der Waals surface area contributed by atoms with Crippen molar-refractivity contribution in [2.24, 2.45) is 5.41 Å². The molecule has 38 heavy (non-hydrogen) atoms. The molecule has 1 rings (SSSR count). The Labute approximate surface area is 235 Å². The molecule has 0 aliphatic carbocycles. The minimum atomic E-state index is -3.65. The van der Waals surface area contributed by atoms with Crippen LogP contribution < -0.4 is 0 Å². The molecule has 0 bridgehead atoms. The number of methoxy groups -OCH3 is 2. The van der Waals surface area contributed by atoms with Crippen molar-refractivity contribution in [1.29, 1.82) is 0 Å². The Morgan fingerprint density at radius 3 is 2.18 bits per heavy atom. The van der Waals surface area contributed by atoms with Gasteiger partial charge in [-0.25, -0.2) is 0 Å². The zero-order valence-corrected chi connectivity index (χ0v) is 25.8. The van der Waals surface area contributed by atoms with Crippen LogP contribution in [0.2, 0.25) is 0 Å². The number of ether oxygens (including phenoxy) is 5. The minimum absolute atomic E-state index is 0.0632. The third-order valence-electron chi connectivity index (χ3n) is 5.07. The second-order valence-electron chi connectivity index (χ2n) is 8.88. The second kappa shape index (κ2) is 19.4. The molecule has 0 spiro atoms. The highest BCUT2D eigenvalue weighted by molar-refractivity contribution is 8.20. The maximum Gasteiger partial charge on any atom is 0.341 e. The maximum atomic E-state index is 13.1. The molecular formula is C25H43O10PS2. The standard InChI is InChI=1S/C25H43O10PS2/c1-7-34-36(28,35-8-2)17-22(27)31-16-20(26)24(33-19-30-6)21(32-18-29-5)15-25(3,4)12-10-9-11-23-37-13-14-38-23/h9-12,21,23-24H,7-8,13-19H2,1-6H3/b11-9+,12-10+/t21-,24+/m0/s1. The average Bonchev–Trinajstić information content (AvgIpc) is 3.37. The van der Waals surface area contributed by atoms with E-state index in [1.807, 2.05) is 55.6 Å². The number of allylic oxidation sites excluding steroid dienone is 3. The van der Waals surface area contributed by atoms with Crippen LogP contribution in [0.5, 0.6) is 0 Å². The highest BCUT2D eigenvalue weighted by Gasteiger charge is 2.35. The fraction of sp³-hybridized carbons (Fsp3) is 0.760. The first-order valence-corrected chi connectivity index (χ1v) is 16.3. The molecular weight excluding hydrogens is 555 g/mol. The molecule has 0 aromatic rings. The van der Waals surface area contributed by atoms with Crippen molar-refractivity contribution < 1.29 is 46.9 Å². The number of hydrogen-bond acceptors (Lipinski definition) is 12. The second-order valence-corrected chi connectivity index (χ2v) is 13.7. The predicted molar refractivity (Wildman–Crippen MR) is 151 cm³/mol. The van der Waals surface area contributed by atoms with E-state index in [9.17, 15) is 14.2 Å². The number of Topliss-reactive ketones (excluding diaryl/α,β-unsaturated/α-hetero) is 1. The molecule has 1 aliphatic heterocycles. The lowest BCUT2D eigenvalue weighted by Crippen LogP contribution is -2.43. The van der Waals surface area contributed by atoms with Crippen LogP contribution in [0, 0.1) is 5.41 Å². The Bertz CT molecular complexity index is 789. The lowest BCUT2D eigenvalue weighted by Gasteiger charge is -2.31. The molecule has 0 radical (unpaired) electrons. The predicted octanol–water partition coefficient (Wildman–Crippen LogP) is 4.68. The maximum absolute atomic E-state index is 13.1. The van der Waals surface area contributed by atoms with Crippen LogP contribution in [-0.4, -0.2) is 93.8 Å². The smallest absolute Gasteiger partial charge is 0.341 e. The van der Waals surface area contributed by atoms with E-state index in [4.69, 9.17) is 32.7 Å². The Morgan fingerprint density at radius 2 is 1.61 bits per heavy atom. The first-order valence-electron chi connectivity index (χ1n) is 12.5. The fourth-order valence-corrected chi connectivity index (χ4v) is 7.51. The van der Waals surface area contributed by atoms with Gasteiger partial charge in [-0.15, -0.1) is 23.5 Å². The van der Waals surface area contributed by atoms with Crippen LogP contribution in [0.1, 0.15) is 34.1 Å². The molecule has 1 saturated heterocycles. The quantitative estimate of drug-likeness (QED) is 0.0791. The SMILES string of the molecule is CCOP(=O)(CC(=O)OCC(=O)[C@@H](OCOC)[C@H](CC(C)(C)/C=C/C=C/C1SCCS1)OCOC)OCC. The van der Waals surface area contributed by atoms with Crippen LogP contribution in [0.3, 0.4) is 0 Å². The molecule has 220 valence electrons. The first-order chi connectivity index (χ1) is 18.1. The summed E-state index contributed by atoms with van der Waals surface area (Å²) in [5, 5.41) is 0. The van der Waals surface area contributed by atoms with E-state index in [2.05, 4.69) is 6.08 Å². The van der Waals surface area contributed by atoms with Crippen LogP contribution in [0.15, 0.2) is 24.3 Å². The summed E-state index contributed by atoms with van der Waals surface area (Å²) in [4.78, 5) is 25.4. The molecule has 0 amide bonds. The van der Waals surface area contributed by atoms with Gasteiger partial charge in [-0.1, -0.05) is 38.2 Å². The topological polar surface area (TPSA) is 116 Å². The van der Waals surface area contributed by atoms with Crippen molar-refractivity contribution in [3.8, 4) is 0 Å². The number of carbonyl (C=O) groups is 2. The van der Waals surface area contributed by atoms with Gasteiger partial charge in [0.25, 0.3) is 0 Å². The Balaban J connectivity index is 2.89. The molecule has 0 unspecified atom stereocenters. The van der Waals surface area contributed by atoms with E-state index >= 15 is 0 Å². The number of carbonyl (C=O) groups excluding carboxylic acids is 2. The van der Waals surface area contributed by atoms with Gasteiger partial charge in [-0.3, -0.25) is 14.2 Å². The Hall–Kier alpha value is -0.690. The van der Waals surface area contributed by atoms with E-state index in [-0.39, 0.29) is 32.2 Å². The first kappa shape index (κ1) is 35.3. The lowest BCUT2D eigenvalue weighted by molar-refractivity contribution is -0.178. The largest absolute Gasteiger partial charge is 0.457 e. The third-order valence-corrected chi connectivity index (χ3v) is 9.95. The van der Waals surface area contributed by atoms with Crippen molar-refractivity contribution in [1.82, 2.24) is 0 Å². The van der Waals surface area contributed by atoms with Gasteiger partial charge in [0.2, 0.25) is 5.78 Å². The molecule has 0 saturated carbocycles. The van der Waals surface area contributed by atoms with Gasteiger partial charge in [-0.05, 0) is 25.7 Å². The Kier molecular flexibility index (Phi) is 18.0. The normalized spacial score (nSPS) is 16.9. The van der Waals surface area contributed by atoms with Crippen molar-refractivity contribution in [3.63, 3.8) is 0 Å². The summed E-state index contributed by atoms with van der Waals surface area (Å²) in [7, 11) is -0.736. The molecule has 2 atom stereocenters. The van der Waals surface area contributed by atoms with E-state index in [1.54, 1.807) is 13.8 Å². The van der Waals surface area contributed by atoms with Gasteiger partial charge in [0.1, 0.15) is 25.9 Å². The summed E-state index contributed by atoms with van der Waals surface area (Å²) in [5.41, 5.74) is -0.369. The summed E-state index contributed by atoms with van der Waals surface area (Å²) in [5.74, 6) is 0.918. The lowest BCUT2D eigenvalue weighted by atomic mass is 9.84. The zero-order valence-electron chi connectivity index (χ0n) is 23.3. The molecule has 1 aliphatic rings. The van der Waals surface area contributed by atoms with Gasteiger partial charge < -0.3 is 32.7 Å². The molecule has 0 aromatic heterocycles. The summed E-state index contributed by atoms with van der Waals surface area (Å²) in [6.45, 7) is 6.70. The fourth-order valence-electron chi connectivity index (χ4n) is 3.46. The number of esters is 1. The van der Waals surface area contributed by atoms with Crippen LogP contribution in [0.25, 0.3) is 0 Å². The van der Waals surface area contributed by atoms with Gasteiger partial charge in [0.15, 0.2) is 6.61 Å². The minimum Gasteiger partial charge on any atom is -0.457 e. The molecule has 0 N–H and O–H groups in total. The van der Waals surface area contributed by atoms with E-state index in [0.29, 0.717) is 11.0 Å². The van der Waals surface area contributed by atoms with Crippen LogP contribution in [0.4, 0.5) is 0 Å². The zero-order chi connectivity index (χ0) is 28.4. The van der Waals surface area contributed by atoms with Crippen LogP contribution in [-0.2, 0) is 46.9 Å². The number of rotatable bonds is 21. The van der Waals surface area contributed by atoms with Crippen molar-refractivity contribution in [2.75, 3.05) is 65.3 Å². The van der Waals surface area contributed by atoms with Gasteiger partial charge in [0.05, 0.1) is 23.9 Å². The number of ketones is 1. The Morgan fingerprint density at radius 1 is 1.00 bits per heavy atom. The highest BCUT2D eigenvalue weighted by atomic mass is 32.2. The van der Waals surface area contributed by atoms with Crippen molar-refractivity contribution >= 4 is 42.9 Å². The highest BCUT2D eigenvalue weighted by Crippen LogP contribution is 2.47. The van der Waals surface area contributed by atoms with E-state index in [0.717, 1.165) is 11.5 Å². The summed E-state index contributed by atoms with van der Waals surface area (Å²) >= 11 is 3.85. The average molecular weight is 599 g/mol. The molecule has 1 heterocycles. The van der Waals surface area contributed by atoms with Crippen molar-refractivity contribution in [3.05, 3.63) is 24.3 Å². The van der Waals surface area contributed by atoms with Crippen molar-refractivity contribution in [2.45, 2.75) is 50.9 Å². The third kappa shape index (κ3) is 14.6. The van der Waals surface area contributed by atoms with Gasteiger partial charge >= 0.3 is 13.6 Å². The molecule has 0 aromatic carbocycles.